The van der Waals surface area contributed by atoms with Gasteiger partial charge in [-0.1, -0.05) is 18.9 Å². The van der Waals surface area contributed by atoms with E-state index in [0.29, 0.717) is 0 Å². The lowest BCUT2D eigenvalue weighted by Gasteiger charge is -1.87. The summed E-state index contributed by atoms with van der Waals surface area (Å²) in [5.74, 6) is 0. The Balaban J connectivity index is 2.47. The molecule has 0 aliphatic carbocycles. The lowest BCUT2D eigenvalue weighted by atomic mass is 10.4. The first-order valence-electron chi connectivity index (χ1n) is 3.30. The molecule has 0 unspecified atom stereocenters. The smallest absolute Gasteiger partial charge is 0.124 e. The van der Waals surface area contributed by atoms with Crippen LogP contribution in [0.1, 0.15) is 0 Å². The summed E-state index contributed by atoms with van der Waals surface area (Å²) in [7, 11) is 0. The summed E-state index contributed by atoms with van der Waals surface area (Å²) in [6.45, 7) is 0. The molecule has 2 nitrogen and oxygen atoms in total. The standard InChI is InChI=1S/C7H6N2S3/c10-9-12-6-4-5-2-1-3-8-7(5)11-6/h1-4,9-10H. The summed E-state index contributed by atoms with van der Waals surface area (Å²) >= 11 is 7.07. The Bertz CT molecular complexity index is 352. The second-order valence-electron chi connectivity index (χ2n) is 2.16. The van der Waals surface area contributed by atoms with Crippen molar-refractivity contribution in [2.45, 2.75) is 4.21 Å². The molecular formula is C7H6N2S3. The lowest BCUT2D eigenvalue weighted by molar-refractivity contribution is 1.45. The molecule has 0 saturated carbocycles. The van der Waals surface area contributed by atoms with Gasteiger partial charge in [0.2, 0.25) is 0 Å². The molecule has 0 bridgehead atoms. The topological polar surface area (TPSA) is 24.9 Å². The van der Waals surface area contributed by atoms with E-state index in [1.807, 2.05) is 6.07 Å². The van der Waals surface area contributed by atoms with Crippen LogP contribution in [0.2, 0.25) is 0 Å². The number of fused-ring (bicyclic) bond motifs is 1. The van der Waals surface area contributed by atoms with Crippen molar-refractivity contribution < 1.29 is 0 Å². The van der Waals surface area contributed by atoms with Gasteiger partial charge in [-0.3, -0.25) is 0 Å². The molecule has 2 rings (SSSR count). The van der Waals surface area contributed by atoms with Crippen molar-refractivity contribution >= 4 is 46.3 Å². The van der Waals surface area contributed by atoms with Gasteiger partial charge in [-0.05, 0) is 24.1 Å². The molecule has 0 aromatic carbocycles. The molecule has 0 aliphatic heterocycles. The van der Waals surface area contributed by atoms with E-state index in [2.05, 4.69) is 34.1 Å². The zero-order valence-corrected chi connectivity index (χ0v) is 8.55. The van der Waals surface area contributed by atoms with Crippen LogP contribution in [0.3, 0.4) is 0 Å². The zero-order valence-electron chi connectivity index (χ0n) is 6.02. The number of nitrogens with zero attached hydrogens (tertiary/aromatic N) is 1. The number of thiol groups is 1. The molecule has 0 atom stereocenters. The lowest BCUT2D eigenvalue weighted by Crippen LogP contribution is -1.76. The minimum absolute atomic E-state index is 1.07. The monoisotopic (exact) mass is 214 g/mol. The van der Waals surface area contributed by atoms with E-state index in [9.17, 15) is 0 Å². The van der Waals surface area contributed by atoms with Crippen LogP contribution in [-0.2, 0) is 0 Å². The number of aromatic nitrogens is 1. The van der Waals surface area contributed by atoms with E-state index in [1.165, 1.54) is 21.5 Å². The van der Waals surface area contributed by atoms with Crippen molar-refractivity contribution in [1.29, 1.82) is 0 Å². The minimum Gasteiger partial charge on any atom is -0.245 e. The Labute approximate surface area is 84.1 Å². The fraction of sp³-hybridized carbons (Fsp3) is 0. The summed E-state index contributed by atoms with van der Waals surface area (Å²) in [6, 6.07) is 6.10. The molecule has 0 fully saturated rings. The molecule has 0 radical (unpaired) electrons. The molecule has 5 heteroatoms. The molecule has 2 aromatic heterocycles. The van der Waals surface area contributed by atoms with Crippen molar-refractivity contribution in [2.24, 2.45) is 0 Å². The molecule has 2 heterocycles. The van der Waals surface area contributed by atoms with Gasteiger partial charge >= 0.3 is 0 Å². The van der Waals surface area contributed by atoms with Crippen LogP contribution >= 0.6 is 36.1 Å². The molecule has 1 N–H and O–H groups in total. The molecule has 2 aromatic rings. The van der Waals surface area contributed by atoms with Gasteiger partial charge in [-0.15, -0.1) is 11.3 Å². The van der Waals surface area contributed by atoms with Crippen molar-refractivity contribution in [3.63, 3.8) is 0 Å². The van der Waals surface area contributed by atoms with Gasteiger partial charge in [-0.2, -0.15) is 0 Å². The molecule has 0 spiro atoms. The van der Waals surface area contributed by atoms with E-state index in [4.69, 9.17) is 0 Å². The van der Waals surface area contributed by atoms with E-state index >= 15 is 0 Å². The largest absolute Gasteiger partial charge is 0.245 e. The number of nitrogens with one attached hydrogen (secondary N) is 1. The van der Waals surface area contributed by atoms with Crippen LogP contribution in [-0.4, -0.2) is 4.98 Å². The maximum Gasteiger partial charge on any atom is 0.124 e. The van der Waals surface area contributed by atoms with Gasteiger partial charge in [0.1, 0.15) is 4.83 Å². The van der Waals surface area contributed by atoms with Crippen LogP contribution in [0.5, 0.6) is 0 Å². The predicted molar refractivity (Wildman–Crippen MR) is 57.6 cm³/mol. The molecule has 12 heavy (non-hydrogen) atoms. The maximum atomic E-state index is 4.24. The van der Waals surface area contributed by atoms with Gasteiger partial charge in [0, 0.05) is 11.6 Å². The van der Waals surface area contributed by atoms with Gasteiger partial charge in [0.15, 0.2) is 0 Å². The number of pyridine rings is 1. The average Bonchev–Trinajstić information content (AvgIpc) is 2.47. The first kappa shape index (κ1) is 8.37. The Hall–Kier alpha value is -0.230. The van der Waals surface area contributed by atoms with Crippen molar-refractivity contribution in [1.82, 2.24) is 9.11 Å². The van der Waals surface area contributed by atoms with Crippen LogP contribution in [0, 0.1) is 0 Å². The van der Waals surface area contributed by atoms with E-state index in [1.54, 1.807) is 17.5 Å². The molecular weight excluding hydrogens is 208 g/mol. The summed E-state index contributed by atoms with van der Waals surface area (Å²) in [5.41, 5.74) is 0. The van der Waals surface area contributed by atoms with Crippen LogP contribution < -0.4 is 4.13 Å². The predicted octanol–water partition coefficient (Wildman–Crippen LogP) is 2.74. The summed E-state index contributed by atoms with van der Waals surface area (Å²) in [4.78, 5) is 5.31. The Kier molecular flexibility index (Phi) is 2.55. The second kappa shape index (κ2) is 3.66. The normalized spacial score (nSPS) is 10.8. The van der Waals surface area contributed by atoms with Gasteiger partial charge < -0.3 is 0 Å². The zero-order chi connectivity index (χ0) is 8.39. The highest BCUT2D eigenvalue weighted by molar-refractivity contribution is 8.07. The number of rotatable bonds is 2. The summed E-state index contributed by atoms with van der Waals surface area (Å²) in [6.07, 6.45) is 1.81. The van der Waals surface area contributed by atoms with E-state index < -0.39 is 0 Å². The van der Waals surface area contributed by atoms with Crippen molar-refractivity contribution in [2.75, 3.05) is 0 Å². The Morgan fingerprint density at radius 1 is 1.58 bits per heavy atom. The second-order valence-corrected chi connectivity index (χ2v) is 4.82. The minimum atomic E-state index is 1.07. The SMILES string of the molecule is SNSc1cc2cccnc2s1. The van der Waals surface area contributed by atoms with Crippen molar-refractivity contribution in [3.8, 4) is 0 Å². The Morgan fingerprint density at radius 3 is 3.25 bits per heavy atom. The Morgan fingerprint density at radius 2 is 2.50 bits per heavy atom. The molecule has 0 amide bonds. The van der Waals surface area contributed by atoms with E-state index in [-0.39, 0.29) is 0 Å². The van der Waals surface area contributed by atoms with Gasteiger partial charge in [-0.25, -0.2) is 9.11 Å². The van der Waals surface area contributed by atoms with Crippen molar-refractivity contribution in [3.05, 3.63) is 24.4 Å². The van der Waals surface area contributed by atoms with E-state index in [0.717, 1.165) is 4.83 Å². The third kappa shape index (κ3) is 1.59. The summed E-state index contributed by atoms with van der Waals surface area (Å²) in [5, 5.41) is 1.19. The number of hydrogen-bond acceptors (Lipinski definition) is 5. The number of hydrogen-bond donors (Lipinski definition) is 2. The maximum absolute atomic E-state index is 4.24. The number of thiophene rings is 1. The third-order valence-corrected chi connectivity index (χ3v) is 3.46. The first-order chi connectivity index (χ1) is 5.90. The fourth-order valence-electron chi connectivity index (χ4n) is 0.945. The molecule has 62 valence electrons. The van der Waals surface area contributed by atoms with Gasteiger partial charge in [0.05, 0.1) is 4.21 Å². The highest BCUT2D eigenvalue weighted by atomic mass is 32.2. The highest BCUT2D eigenvalue weighted by Gasteiger charge is 2.00. The first-order valence-corrected chi connectivity index (χ1v) is 5.38. The van der Waals surface area contributed by atoms with Crippen LogP contribution in [0.25, 0.3) is 10.2 Å². The third-order valence-electron chi connectivity index (χ3n) is 1.42. The molecule has 0 saturated heterocycles. The van der Waals surface area contributed by atoms with Gasteiger partial charge in [0.25, 0.3) is 0 Å². The summed E-state index contributed by atoms with van der Waals surface area (Å²) < 4.78 is 3.92. The average molecular weight is 214 g/mol. The van der Waals surface area contributed by atoms with Crippen LogP contribution in [0.4, 0.5) is 0 Å². The highest BCUT2D eigenvalue weighted by Crippen LogP contribution is 2.29. The molecule has 0 aliphatic rings. The van der Waals surface area contributed by atoms with Crippen LogP contribution in [0.15, 0.2) is 28.6 Å². The quantitative estimate of drug-likeness (QED) is 0.594. The fourth-order valence-corrected chi connectivity index (χ4v) is 2.96.